The number of benzene rings is 2. The van der Waals surface area contributed by atoms with E-state index in [0.717, 1.165) is 76.9 Å². The average molecular weight is 1280 g/mol. The van der Waals surface area contributed by atoms with Crippen molar-refractivity contribution in [1.29, 1.82) is 0 Å². The van der Waals surface area contributed by atoms with E-state index in [2.05, 4.69) is 121 Å². The standard InChI is InChI=1S/C28H31NO4.C28H29NO4.C24H27NO4/c2*1-28-7-5-19-12-21-23(31)9-16(15-30)10-24(21)33-27(19)22(28)13-25(32-2)26(28)18-3-4-20-14-29-8-6-17(20)11-18;1-24-6-5-15-10-17-19(27)8-14(13-26)9-20(17)29-23(15)18(24)11-21(28-2)22(24)16-4-3-7-25-12-16/h3-4,6,8,11-12,14,16,22,25-27,30H,5,7,9-10,13,15H2,1-2H3;3-8,11-12,14,16,22,25-27,30H,9-10,13,15H2,1-2H3;3-7,10,12,14,18,21-23,26H,8-9,11,13H2,1-2H3/t2*16?,22-,25+,26-,27+,28-;14?,18-,21+,22-,23+,24-/m000/s1. The highest BCUT2D eigenvalue weighted by Gasteiger charge is 2.61. The van der Waals surface area contributed by atoms with Gasteiger partial charge >= 0.3 is 0 Å². The zero-order valence-electron chi connectivity index (χ0n) is 55.2. The second kappa shape index (κ2) is 25.2. The molecule has 0 saturated heterocycles. The molecule has 3 unspecified atom stereocenters. The van der Waals surface area contributed by atoms with Gasteiger partial charge in [-0.25, -0.2) is 0 Å². The molecule has 6 heterocycles. The molecule has 0 bridgehead atoms. The van der Waals surface area contributed by atoms with E-state index in [-0.39, 0.29) is 137 Å². The van der Waals surface area contributed by atoms with Crippen LogP contribution in [0.15, 0.2) is 191 Å². The molecule has 0 spiro atoms. The van der Waals surface area contributed by atoms with Crippen LogP contribution in [0.5, 0.6) is 0 Å². The number of aliphatic hydroxyl groups excluding tert-OH is 3. The van der Waals surface area contributed by atoms with Crippen LogP contribution in [-0.4, -0.2) is 125 Å². The fraction of sp³-hybridized carbons (Fsp3) is 0.475. The molecule has 4 fully saturated rings. The number of Topliss-reactive ketones (excluding diaryl/α,β-unsaturated/α-hetero) is 3. The van der Waals surface area contributed by atoms with Crippen molar-refractivity contribution in [2.45, 2.75) is 146 Å². The number of fused-ring (bicyclic) bond motifs is 11. The van der Waals surface area contributed by atoms with Gasteiger partial charge in [0.1, 0.15) is 35.6 Å². The van der Waals surface area contributed by atoms with Gasteiger partial charge in [0, 0.05) is 174 Å². The first-order valence-corrected chi connectivity index (χ1v) is 34.4. The zero-order chi connectivity index (χ0) is 65.7. The van der Waals surface area contributed by atoms with Crippen LogP contribution in [0.25, 0.3) is 21.5 Å². The molecule has 4 saturated carbocycles. The molecule has 2 aromatic carbocycles. The van der Waals surface area contributed by atoms with Crippen molar-refractivity contribution < 1.29 is 58.1 Å². The van der Waals surface area contributed by atoms with Crippen LogP contribution in [0.4, 0.5) is 0 Å². The summed E-state index contributed by atoms with van der Waals surface area (Å²) in [7, 11) is 5.41. The summed E-state index contributed by atoms with van der Waals surface area (Å²) in [5, 5.41) is 33.6. The fourth-order valence-electron chi connectivity index (χ4n) is 19.6. The van der Waals surface area contributed by atoms with E-state index in [1.54, 1.807) is 20.4 Å². The van der Waals surface area contributed by atoms with Gasteiger partial charge in [-0.1, -0.05) is 87.5 Å². The Morgan fingerprint density at radius 2 is 0.926 bits per heavy atom. The van der Waals surface area contributed by atoms with Crippen LogP contribution >= 0.6 is 0 Å². The van der Waals surface area contributed by atoms with Crippen molar-refractivity contribution in [1.82, 2.24) is 15.0 Å². The molecule has 0 radical (unpaired) electrons. The summed E-state index contributed by atoms with van der Waals surface area (Å²) < 4.78 is 37.8. The molecule has 494 valence electrons. The number of hydrogen-bond donors (Lipinski definition) is 3. The number of pyridine rings is 3. The number of ether oxygens (including phenoxy) is 6. The van der Waals surface area contributed by atoms with Crippen molar-refractivity contribution in [2.75, 3.05) is 41.2 Å². The first-order valence-electron chi connectivity index (χ1n) is 34.4. The van der Waals surface area contributed by atoms with Gasteiger partial charge in [-0.3, -0.25) is 29.3 Å². The Balaban J connectivity index is 0.000000118. The van der Waals surface area contributed by atoms with Gasteiger partial charge in [-0.15, -0.1) is 0 Å². The Kier molecular flexibility index (Phi) is 16.8. The molecule has 0 amide bonds. The highest BCUT2D eigenvalue weighted by Crippen LogP contribution is 2.65. The number of methoxy groups -OCH3 is 3. The van der Waals surface area contributed by atoms with Crippen molar-refractivity contribution in [3.8, 4) is 0 Å². The van der Waals surface area contributed by atoms with E-state index in [9.17, 15) is 29.7 Å². The average Bonchev–Trinajstić information content (AvgIpc) is 1.64. The SMILES string of the molecule is CO[C@@H]1C[C@H]2[C@@H]3OC4=C(C=C3C=C[C@]2(C)[C@H]1c1ccc2cnccc2c1)C(=O)CC(CO)C4.CO[C@@H]1C[C@H]2[C@@H]3OC4=C(C=C3C=C[C@]2(C)[C@H]1c1cccnc1)C(=O)CC(CO)C4.CO[C@@H]1C[C@H]2[C@@H]3OC4=C(C=C3CC[C@]2(C)[C@H]1c1ccc2cnccc2c1)C(=O)CC(CO)C4. The van der Waals surface area contributed by atoms with Crippen molar-refractivity contribution >= 4 is 38.9 Å². The Labute approximate surface area is 555 Å². The van der Waals surface area contributed by atoms with E-state index in [4.69, 9.17) is 28.4 Å². The monoisotopic (exact) mass is 1280 g/mol. The number of hydrogen-bond acceptors (Lipinski definition) is 15. The summed E-state index contributed by atoms with van der Waals surface area (Å²) >= 11 is 0. The van der Waals surface area contributed by atoms with E-state index < -0.39 is 0 Å². The number of ketones is 3. The Bertz CT molecular complexity index is 4160. The number of aliphatic hydroxyl groups is 3. The Morgan fingerprint density at radius 3 is 1.40 bits per heavy atom. The fourth-order valence-corrected chi connectivity index (χ4v) is 19.6. The van der Waals surface area contributed by atoms with Gasteiger partial charge in [0.25, 0.3) is 0 Å². The molecule has 18 atom stereocenters. The van der Waals surface area contributed by atoms with E-state index >= 15 is 0 Å². The topological polar surface area (TPSA) is 206 Å². The first-order chi connectivity index (χ1) is 46.1. The summed E-state index contributed by atoms with van der Waals surface area (Å²) in [6.07, 6.45) is 34.2. The second-order valence-electron chi connectivity index (χ2n) is 29.7. The molecule has 3 N–H and O–H groups in total. The molecule has 95 heavy (non-hydrogen) atoms. The normalized spacial score (nSPS) is 36.2. The van der Waals surface area contributed by atoms with Gasteiger partial charge in [0.05, 0.1) is 35.0 Å². The minimum absolute atomic E-state index is 0.0134. The quantitative estimate of drug-likeness (QED) is 0.125. The molecular formula is C80H87N3O12. The third kappa shape index (κ3) is 10.9. The highest BCUT2D eigenvalue weighted by atomic mass is 16.5. The van der Waals surface area contributed by atoms with Crippen molar-refractivity contribution in [2.24, 2.45) is 51.8 Å². The zero-order valence-corrected chi connectivity index (χ0v) is 55.2. The minimum atomic E-state index is -0.142. The van der Waals surface area contributed by atoms with Crippen LogP contribution in [0.1, 0.15) is 126 Å². The second-order valence-corrected chi connectivity index (χ2v) is 29.7. The van der Waals surface area contributed by atoms with Crippen LogP contribution in [0.2, 0.25) is 0 Å². The van der Waals surface area contributed by atoms with Gasteiger partial charge in [-0.05, 0) is 136 Å². The summed E-state index contributed by atoms with van der Waals surface area (Å²) in [5.74, 6) is 3.91. The highest BCUT2D eigenvalue weighted by molar-refractivity contribution is 6.01. The van der Waals surface area contributed by atoms with Crippen LogP contribution in [0.3, 0.4) is 0 Å². The maximum Gasteiger partial charge on any atom is 0.166 e. The van der Waals surface area contributed by atoms with E-state index in [1.165, 1.54) is 33.0 Å². The lowest BCUT2D eigenvalue weighted by atomic mass is 9.61. The smallest absolute Gasteiger partial charge is 0.166 e. The van der Waals surface area contributed by atoms with Crippen LogP contribution in [-0.2, 0) is 42.8 Å². The molecular weight excluding hydrogens is 1190 g/mol. The van der Waals surface area contributed by atoms with Crippen LogP contribution < -0.4 is 0 Å². The lowest BCUT2D eigenvalue weighted by Crippen LogP contribution is -2.44. The third-order valence-corrected chi connectivity index (χ3v) is 24.6. The predicted octanol–water partition coefficient (Wildman–Crippen LogP) is 12.5. The number of nitrogens with zero attached hydrogens (tertiary/aromatic N) is 3. The molecule has 12 aliphatic rings. The molecule has 5 aromatic rings. The molecule has 15 nitrogen and oxygen atoms in total. The predicted molar refractivity (Wildman–Crippen MR) is 359 cm³/mol. The number of allylic oxidation sites excluding steroid dienone is 11. The molecule has 15 heteroatoms. The molecule has 3 aromatic heterocycles. The molecule has 17 rings (SSSR count). The van der Waals surface area contributed by atoms with E-state index in [0.29, 0.717) is 55.6 Å². The summed E-state index contributed by atoms with van der Waals surface area (Å²) in [6, 6.07) is 21.6. The number of carbonyl (C=O) groups is 3. The van der Waals surface area contributed by atoms with Crippen molar-refractivity contribution in [3.63, 3.8) is 0 Å². The number of rotatable bonds is 9. The third-order valence-electron chi connectivity index (χ3n) is 24.6. The van der Waals surface area contributed by atoms with Gasteiger partial charge in [0.15, 0.2) is 17.3 Å². The lowest BCUT2D eigenvalue weighted by molar-refractivity contribution is -0.119. The maximum absolute atomic E-state index is 12.7. The number of carbonyl (C=O) groups excluding carboxylic acids is 3. The molecule has 3 aliphatic heterocycles. The lowest BCUT2D eigenvalue weighted by Gasteiger charge is -2.48. The van der Waals surface area contributed by atoms with Crippen molar-refractivity contribution in [3.05, 3.63) is 208 Å². The first kappa shape index (κ1) is 63.5. The van der Waals surface area contributed by atoms with Gasteiger partial charge < -0.3 is 43.7 Å². The largest absolute Gasteiger partial charge is 0.489 e. The van der Waals surface area contributed by atoms with Crippen LogP contribution in [0, 0.1) is 51.8 Å². The minimum Gasteiger partial charge on any atom is -0.489 e. The van der Waals surface area contributed by atoms with E-state index in [1.807, 2.05) is 56.3 Å². The number of aromatic nitrogens is 3. The summed E-state index contributed by atoms with van der Waals surface area (Å²) in [4.78, 5) is 50.7. The Morgan fingerprint density at radius 1 is 0.484 bits per heavy atom. The van der Waals surface area contributed by atoms with Gasteiger partial charge in [0.2, 0.25) is 0 Å². The molecule has 9 aliphatic carbocycles. The van der Waals surface area contributed by atoms with Gasteiger partial charge in [-0.2, -0.15) is 0 Å². The Hall–Kier alpha value is -7.50. The maximum atomic E-state index is 12.7. The summed E-state index contributed by atoms with van der Waals surface area (Å²) in [5.41, 5.74) is 9.09. The summed E-state index contributed by atoms with van der Waals surface area (Å²) in [6.45, 7) is 7.07.